The molecule has 1 aliphatic rings. The van der Waals surface area contributed by atoms with Gasteiger partial charge in [0.2, 0.25) is 0 Å². The number of rotatable bonds is 5. The molecule has 0 atom stereocenters. The molecule has 0 saturated heterocycles. The second kappa shape index (κ2) is 6.92. The van der Waals surface area contributed by atoms with Crippen LogP contribution in [0.5, 0.6) is 0 Å². The van der Waals surface area contributed by atoms with E-state index >= 15 is 0 Å². The molecule has 0 aliphatic heterocycles. The summed E-state index contributed by atoms with van der Waals surface area (Å²) in [4.78, 5) is 22.8. The highest BCUT2D eigenvalue weighted by Gasteiger charge is 2.25. The minimum absolute atomic E-state index is 0.107. The molecule has 1 aromatic rings. The smallest absolute Gasteiger partial charge is 0.412 e. The van der Waals surface area contributed by atoms with Gasteiger partial charge in [-0.15, -0.1) is 0 Å². The minimum Gasteiger partial charge on any atom is -0.477 e. The summed E-state index contributed by atoms with van der Waals surface area (Å²) in [6.45, 7) is 2.23. The topological polar surface area (TPSA) is 75.6 Å². The first kappa shape index (κ1) is 15.1. The van der Waals surface area contributed by atoms with Crippen LogP contribution in [-0.2, 0) is 16.1 Å². The van der Waals surface area contributed by atoms with E-state index < -0.39 is 12.1 Å². The Balaban J connectivity index is 1.85. The molecule has 112 valence electrons. The third-order valence-electron chi connectivity index (χ3n) is 3.49. The van der Waals surface area contributed by atoms with E-state index in [1.54, 1.807) is 6.08 Å². The highest BCUT2D eigenvalue weighted by Crippen LogP contribution is 2.34. The zero-order valence-corrected chi connectivity index (χ0v) is 11.9. The van der Waals surface area contributed by atoms with Crippen molar-refractivity contribution in [3.63, 3.8) is 0 Å². The molecular weight excluding hydrogens is 270 g/mol. The Bertz CT molecular complexity index is 532. The Morgan fingerprint density at radius 3 is 2.57 bits per heavy atom. The lowest BCUT2D eigenvalue weighted by Crippen LogP contribution is -2.30. The number of ether oxygens (including phenoxy) is 1. The first-order valence-electron chi connectivity index (χ1n) is 6.97. The Morgan fingerprint density at radius 2 is 2.00 bits per heavy atom. The van der Waals surface area contributed by atoms with Gasteiger partial charge in [0.1, 0.15) is 12.3 Å². The molecule has 1 aliphatic carbocycles. The van der Waals surface area contributed by atoms with Crippen LogP contribution in [0.3, 0.4) is 0 Å². The molecule has 0 heterocycles. The predicted octanol–water partition coefficient (Wildman–Crippen LogP) is 2.93. The van der Waals surface area contributed by atoms with Gasteiger partial charge in [-0.2, -0.15) is 0 Å². The number of alkyl carbamates (subject to hydrolysis) is 1. The third-order valence-corrected chi connectivity index (χ3v) is 3.49. The normalized spacial score (nSPS) is 21.3. The van der Waals surface area contributed by atoms with E-state index in [0.717, 1.165) is 18.4 Å². The van der Waals surface area contributed by atoms with Crippen molar-refractivity contribution in [2.45, 2.75) is 26.4 Å². The van der Waals surface area contributed by atoms with Crippen molar-refractivity contribution in [1.29, 1.82) is 0 Å². The molecule has 1 amide bonds. The number of allylic oxidation sites excluding steroid dienone is 1. The average molecular weight is 289 g/mol. The van der Waals surface area contributed by atoms with Gasteiger partial charge in [-0.3, -0.25) is 5.32 Å². The van der Waals surface area contributed by atoms with Crippen molar-refractivity contribution in [1.82, 2.24) is 5.32 Å². The summed E-state index contributed by atoms with van der Waals surface area (Å²) in [6.07, 6.45) is 2.76. The van der Waals surface area contributed by atoms with E-state index in [9.17, 15) is 9.59 Å². The molecule has 0 spiro atoms. The van der Waals surface area contributed by atoms with Crippen molar-refractivity contribution in [3.05, 3.63) is 47.7 Å². The van der Waals surface area contributed by atoms with Gasteiger partial charge in [0.05, 0.1) is 0 Å². The fraction of sp³-hybridized carbons (Fsp3) is 0.375. The summed E-state index contributed by atoms with van der Waals surface area (Å²) < 4.78 is 5.01. The summed E-state index contributed by atoms with van der Waals surface area (Å²) >= 11 is 0. The zero-order chi connectivity index (χ0) is 15.2. The second-order valence-corrected chi connectivity index (χ2v) is 5.41. The lowest BCUT2D eigenvalue weighted by Gasteiger charge is -2.30. The molecule has 5 nitrogen and oxygen atoms in total. The van der Waals surface area contributed by atoms with Crippen LogP contribution in [0.2, 0.25) is 0 Å². The van der Waals surface area contributed by atoms with Gasteiger partial charge in [-0.25, -0.2) is 9.59 Å². The van der Waals surface area contributed by atoms with E-state index in [1.165, 1.54) is 0 Å². The van der Waals surface area contributed by atoms with E-state index in [2.05, 4.69) is 12.2 Å². The maximum Gasteiger partial charge on any atom is 0.412 e. The van der Waals surface area contributed by atoms with Crippen LogP contribution in [0.15, 0.2) is 42.1 Å². The minimum atomic E-state index is -1.15. The largest absolute Gasteiger partial charge is 0.477 e. The predicted molar refractivity (Wildman–Crippen MR) is 77.4 cm³/mol. The number of nitrogens with one attached hydrogen (secondary N) is 1. The summed E-state index contributed by atoms with van der Waals surface area (Å²) in [7, 11) is 0. The highest BCUT2D eigenvalue weighted by molar-refractivity contribution is 5.90. The van der Waals surface area contributed by atoms with Gasteiger partial charge in [0.15, 0.2) is 0 Å². The third kappa shape index (κ3) is 4.63. The monoisotopic (exact) mass is 289 g/mol. The van der Waals surface area contributed by atoms with Gasteiger partial charge in [-0.1, -0.05) is 43.3 Å². The van der Waals surface area contributed by atoms with Crippen LogP contribution >= 0.6 is 0 Å². The van der Waals surface area contributed by atoms with Crippen LogP contribution in [0, 0.1) is 11.8 Å². The lowest BCUT2D eigenvalue weighted by molar-refractivity contribution is -0.133. The maximum atomic E-state index is 11.6. The number of carboxylic acid groups (broad SMARTS) is 1. The fourth-order valence-corrected chi connectivity index (χ4v) is 2.37. The first-order chi connectivity index (χ1) is 10.0. The highest BCUT2D eigenvalue weighted by atomic mass is 16.5. The standard InChI is InChI=1S/C16H19NO4/c1-11-7-13(8-11)9-14(15(18)19)17-16(20)21-10-12-5-3-2-4-6-12/h2-6,9,11,13H,7-8,10H2,1H3,(H,17,20)(H,18,19)/b14-9-. The number of carboxylic acids is 1. The Labute approximate surface area is 123 Å². The number of carbonyl (C=O) groups is 2. The molecular formula is C16H19NO4. The summed E-state index contributed by atoms with van der Waals surface area (Å²) in [6, 6.07) is 9.22. The first-order valence-corrected chi connectivity index (χ1v) is 6.97. The fourth-order valence-electron chi connectivity index (χ4n) is 2.37. The van der Waals surface area contributed by atoms with E-state index in [-0.39, 0.29) is 18.2 Å². The van der Waals surface area contributed by atoms with Crippen molar-refractivity contribution in [2.75, 3.05) is 0 Å². The molecule has 0 radical (unpaired) electrons. The summed E-state index contributed by atoms with van der Waals surface area (Å²) in [5, 5.41) is 11.4. The van der Waals surface area contributed by atoms with Gasteiger partial charge < -0.3 is 9.84 Å². The summed E-state index contributed by atoms with van der Waals surface area (Å²) in [5.74, 6) is -0.307. The van der Waals surface area contributed by atoms with Crippen molar-refractivity contribution >= 4 is 12.1 Å². The van der Waals surface area contributed by atoms with Gasteiger partial charge >= 0.3 is 12.1 Å². The van der Waals surface area contributed by atoms with Crippen LogP contribution in [0.4, 0.5) is 4.79 Å². The molecule has 0 aromatic heterocycles. The van der Waals surface area contributed by atoms with Crippen LogP contribution in [0.25, 0.3) is 0 Å². The quantitative estimate of drug-likeness (QED) is 0.817. The molecule has 0 unspecified atom stereocenters. The number of aliphatic carboxylic acids is 1. The number of carbonyl (C=O) groups excluding carboxylic acids is 1. The molecule has 5 heteroatoms. The summed E-state index contributed by atoms with van der Waals surface area (Å²) in [5.41, 5.74) is 0.742. The van der Waals surface area contributed by atoms with Crippen molar-refractivity contribution in [2.24, 2.45) is 11.8 Å². The molecule has 1 aromatic carbocycles. The van der Waals surface area contributed by atoms with Crippen LogP contribution < -0.4 is 5.32 Å². The van der Waals surface area contributed by atoms with Crippen LogP contribution in [0.1, 0.15) is 25.3 Å². The lowest BCUT2D eigenvalue weighted by atomic mass is 9.76. The van der Waals surface area contributed by atoms with Crippen molar-refractivity contribution < 1.29 is 19.4 Å². The molecule has 21 heavy (non-hydrogen) atoms. The van der Waals surface area contributed by atoms with Gasteiger partial charge in [-0.05, 0) is 30.2 Å². The maximum absolute atomic E-state index is 11.6. The Hall–Kier alpha value is -2.30. The number of hydrogen-bond acceptors (Lipinski definition) is 3. The van der Waals surface area contributed by atoms with E-state index in [1.807, 2.05) is 30.3 Å². The van der Waals surface area contributed by atoms with Gasteiger partial charge in [0, 0.05) is 0 Å². The zero-order valence-electron chi connectivity index (χ0n) is 11.9. The Kier molecular flexibility index (Phi) is 4.98. The van der Waals surface area contributed by atoms with E-state index in [4.69, 9.17) is 9.84 Å². The average Bonchev–Trinajstić information content (AvgIpc) is 2.43. The molecule has 2 rings (SSSR count). The Morgan fingerprint density at radius 1 is 1.33 bits per heavy atom. The van der Waals surface area contributed by atoms with Crippen molar-refractivity contribution in [3.8, 4) is 0 Å². The number of amides is 1. The molecule has 1 saturated carbocycles. The molecule has 2 N–H and O–H groups in total. The van der Waals surface area contributed by atoms with E-state index in [0.29, 0.717) is 5.92 Å². The number of hydrogen-bond donors (Lipinski definition) is 2. The number of benzene rings is 1. The molecule has 1 fully saturated rings. The van der Waals surface area contributed by atoms with Crippen LogP contribution in [-0.4, -0.2) is 17.2 Å². The van der Waals surface area contributed by atoms with Gasteiger partial charge in [0.25, 0.3) is 0 Å². The second-order valence-electron chi connectivity index (χ2n) is 5.41. The molecule has 0 bridgehead atoms. The SMILES string of the molecule is CC1CC(/C=C(\NC(=O)OCc2ccccc2)C(=O)O)C1.